The van der Waals surface area contributed by atoms with E-state index in [1.807, 2.05) is 6.26 Å². The van der Waals surface area contributed by atoms with Crippen molar-refractivity contribution in [3.63, 3.8) is 0 Å². The molecule has 0 radical (unpaired) electrons. The van der Waals surface area contributed by atoms with Gasteiger partial charge in [-0.2, -0.15) is 11.8 Å². The molecule has 0 saturated carbocycles. The van der Waals surface area contributed by atoms with Crippen LogP contribution in [0.15, 0.2) is 0 Å². The van der Waals surface area contributed by atoms with E-state index >= 15 is 0 Å². The van der Waals surface area contributed by atoms with E-state index in [4.69, 9.17) is 5.11 Å². The van der Waals surface area contributed by atoms with Gasteiger partial charge in [0.1, 0.15) is 36.8 Å². The van der Waals surface area contributed by atoms with Gasteiger partial charge in [0.25, 0.3) is 0 Å². The molecule has 0 unspecified atom stereocenters. The maximum absolute atomic E-state index is 13.9. The SMILES string of the molecule is CSCC[C@H](NC(=O)CNC(=O)[C@@H]1CCCN1C(=O)[C@@H]1C[C@@H](O)CN1C(=O)CNC(=O)[C@@H]1CCCN1C(=O)[C@@H]1C[C@@H](O)CN1)C(=O)N1CCC[C@H]1C(=O)NCC(=O)O. The number of hydrogen-bond acceptors (Lipinski definition) is 13. The smallest absolute Gasteiger partial charge is 0.322 e. The number of amides is 8. The summed E-state index contributed by atoms with van der Waals surface area (Å²) in [6.45, 7) is -0.672. The van der Waals surface area contributed by atoms with Gasteiger partial charge in [0.2, 0.25) is 47.3 Å². The molecule has 22 heteroatoms. The van der Waals surface area contributed by atoms with Gasteiger partial charge >= 0.3 is 5.97 Å². The molecule has 0 aromatic rings. The number of carbonyl (C=O) groups excluding carboxylic acids is 8. The first-order valence-electron chi connectivity index (χ1n) is 19.8. The number of aliphatic hydroxyl groups excluding tert-OH is 2. The Balaban J connectivity index is 1.12. The minimum Gasteiger partial charge on any atom is -0.480 e. The summed E-state index contributed by atoms with van der Waals surface area (Å²) < 4.78 is 0. The van der Waals surface area contributed by atoms with Crippen molar-refractivity contribution >= 4 is 65.0 Å². The third-order valence-electron chi connectivity index (χ3n) is 11.3. The number of nitrogens with zero attached hydrogens (tertiary/aromatic N) is 4. The minimum atomic E-state index is -1.22. The number of carbonyl (C=O) groups is 9. The molecule has 5 saturated heterocycles. The van der Waals surface area contributed by atoms with Gasteiger partial charge in [-0.3, -0.25) is 43.2 Å². The number of nitrogens with one attached hydrogen (secondary N) is 5. The predicted molar refractivity (Wildman–Crippen MR) is 204 cm³/mol. The first-order valence-corrected chi connectivity index (χ1v) is 21.2. The molecule has 8 amide bonds. The van der Waals surface area contributed by atoms with Crippen molar-refractivity contribution < 1.29 is 58.5 Å². The third-order valence-corrected chi connectivity index (χ3v) is 11.9. The summed E-state index contributed by atoms with van der Waals surface area (Å²) >= 11 is 1.45. The average Bonchev–Trinajstić information content (AvgIpc) is 4.05. The Labute approximate surface area is 339 Å². The molecule has 5 rings (SSSR count). The molecule has 21 nitrogen and oxygen atoms in total. The zero-order chi connectivity index (χ0) is 42.1. The second-order valence-electron chi connectivity index (χ2n) is 15.3. The molecule has 5 aliphatic heterocycles. The number of rotatable bonds is 16. The molecule has 0 bridgehead atoms. The summed E-state index contributed by atoms with van der Waals surface area (Å²) in [6.07, 6.45) is 3.14. The minimum absolute atomic E-state index is 0.0819. The van der Waals surface area contributed by atoms with Crippen molar-refractivity contribution in [2.24, 2.45) is 0 Å². The van der Waals surface area contributed by atoms with Crippen LogP contribution in [0.1, 0.15) is 57.8 Å². The van der Waals surface area contributed by atoms with Crippen molar-refractivity contribution in [3.05, 3.63) is 0 Å². The van der Waals surface area contributed by atoms with E-state index < -0.39 is 115 Å². The van der Waals surface area contributed by atoms with Crippen LogP contribution in [0.25, 0.3) is 0 Å². The molecule has 8 atom stereocenters. The molecule has 0 spiro atoms. The van der Waals surface area contributed by atoms with Crippen LogP contribution in [0.2, 0.25) is 0 Å². The third kappa shape index (κ3) is 10.9. The Hall–Kier alpha value is -4.54. The van der Waals surface area contributed by atoms with Crippen molar-refractivity contribution in [2.75, 3.05) is 64.4 Å². The topological polar surface area (TPSA) is 287 Å². The molecule has 8 N–H and O–H groups in total. The van der Waals surface area contributed by atoms with Crippen LogP contribution >= 0.6 is 11.8 Å². The lowest BCUT2D eigenvalue weighted by molar-refractivity contribution is -0.147. The highest BCUT2D eigenvalue weighted by atomic mass is 32.2. The van der Waals surface area contributed by atoms with Gasteiger partial charge < -0.3 is 61.5 Å². The monoisotopic (exact) mass is 837 g/mol. The average molecular weight is 838 g/mol. The maximum Gasteiger partial charge on any atom is 0.322 e. The Morgan fingerprint density at radius 3 is 1.81 bits per heavy atom. The maximum atomic E-state index is 13.9. The quantitative estimate of drug-likeness (QED) is 0.0726. The van der Waals surface area contributed by atoms with Crippen LogP contribution in [0.4, 0.5) is 0 Å². The lowest BCUT2D eigenvalue weighted by Crippen LogP contribution is -2.56. The summed E-state index contributed by atoms with van der Waals surface area (Å²) in [5, 5.41) is 42.3. The highest BCUT2D eigenvalue weighted by molar-refractivity contribution is 7.98. The lowest BCUT2D eigenvalue weighted by Gasteiger charge is -2.31. The Morgan fingerprint density at radius 2 is 1.24 bits per heavy atom. The first kappa shape index (κ1) is 44.6. The highest BCUT2D eigenvalue weighted by Crippen LogP contribution is 2.26. The van der Waals surface area contributed by atoms with E-state index in [2.05, 4.69) is 26.6 Å². The molecule has 0 aromatic carbocycles. The fourth-order valence-electron chi connectivity index (χ4n) is 8.42. The van der Waals surface area contributed by atoms with Crippen molar-refractivity contribution in [2.45, 2.75) is 106 Å². The predicted octanol–water partition coefficient (Wildman–Crippen LogP) is -4.68. The van der Waals surface area contributed by atoms with Gasteiger partial charge in [0.05, 0.1) is 31.3 Å². The molecule has 5 aliphatic rings. The number of β-amino-alcohol motifs (C(OH)–C–C–N with tert-alkyl or cyclic N) is 2. The summed E-state index contributed by atoms with van der Waals surface area (Å²) in [7, 11) is 0. The number of likely N-dealkylation sites (tertiary alicyclic amines) is 4. The second-order valence-corrected chi connectivity index (χ2v) is 16.3. The molecule has 0 aromatic heterocycles. The Kier molecular flexibility index (Phi) is 15.7. The first-order chi connectivity index (χ1) is 27.7. The number of aliphatic hydroxyl groups is 2. The second kappa shape index (κ2) is 20.4. The van der Waals surface area contributed by atoms with E-state index in [9.17, 15) is 53.4 Å². The van der Waals surface area contributed by atoms with Gasteiger partial charge in [-0.15, -0.1) is 0 Å². The molecular formula is C36H55N9O12S. The summed E-state index contributed by atoms with van der Waals surface area (Å²) in [5.41, 5.74) is 0. The fraction of sp³-hybridized carbons (Fsp3) is 0.750. The zero-order valence-corrected chi connectivity index (χ0v) is 33.4. The van der Waals surface area contributed by atoms with Crippen LogP contribution in [-0.4, -0.2) is 201 Å². The van der Waals surface area contributed by atoms with Crippen LogP contribution < -0.4 is 26.6 Å². The highest BCUT2D eigenvalue weighted by Gasteiger charge is 2.46. The normalized spacial score (nSPS) is 27.3. The zero-order valence-electron chi connectivity index (χ0n) is 32.6. The largest absolute Gasteiger partial charge is 0.480 e. The molecule has 5 fully saturated rings. The van der Waals surface area contributed by atoms with Gasteiger partial charge in [0, 0.05) is 39.1 Å². The van der Waals surface area contributed by atoms with Crippen LogP contribution in [0, 0.1) is 0 Å². The van der Waals surface area contributed by atoms with E-state index in [0.717, 1.165) is 0 Å². The van der Waals surface area contributed by atoms with Gasteiger partial charge in [-0.1, -0.05) is 0 Å². The van der Waals surface area contributed by atoms with Crippen molar-refractivity contribution in [1.82, 2.24) is 46.2 Å². The van der Waals surface area contributed by atoms with Gasteiger partial charge in [-0.05, 0) is 63.4 Å². The van der Waals surface area contributed by atoms with E-state index in [-0.39, 0.29) is 57.8 Å². The van der Waals surface area contributed by atoms with Gasteiger partial charge in [-0.25, -0.2) is 0 Å². The van der Waals surface area contributed by atoms with Crippen molar-refractivity contribution in [3.8, 4) is 0 Å². The lowest BCUT2D eigenvalue weighted by atomic mass is 10.1. The summed E-state index contributed by atoms with van der Waals surface area (Å²) in [5.74, 6) is -5.12. The number of thioether (sulfide) groups is 1. The molecular weight excluding hydrogens is 783 g/mol. The van der Waals surface area contributed by atoms with E-state index in [1.54, 1.807) is 0 Å². The molecule has 322 valence electrons. The number of carboxylic acids is 1. The summed E-state index contributed by atoms with van der Waals surface area (Å²) in [6, 6.07) is -5.37. The number of hydrogen-bond donors (Lipinski definition) is 8. The fourth-order valence-corrected chi connectivity index (χ4v) is 8.89. The summed E-state index contributed by atoms with van der Waals surface area (Å²) in [4.78, 5) is 122. The van der Waals surface area contributed by atoms with E-state index in [1.165, 1.54) is 31.4 Å². The van der Waals surface area contributed by atoms with Crippen LogP contribution in [0.5, 0.6) is 0 Å². The molecule has 0 aliphatic carbocycles. The molecule has 58 heavy (non-hydrogen) atoms. The van der Waals surface area contributed by atoms with Crippen molar-refractivity contribution in [1.29, 1.82) is 0 Å². The van der Waals surface area contributed by atoms with Crippen LogP contribution in [0.3, 0.4) is 0 Å². The number of carboxylic acid groups (broad SMARTS) is 1. The Bertz CT molecular complexity index is 1600. The standard InChI is InChI=1S/C36H55N9O12S/c1-58-12-8-22(34(55)42-9-2-6-25(42)33(54)40-18-30(50)51)41-28(48)16-38-31(52)26-7-4-11-44(26)36(57)27-14-21(47)19-45(27)29(49)17-39-32(53)24-5-3-10-43(24)35(56)23-13-20(46)15-37-23/h20-27,37,46-47H,2-19H2,1H3,(H,38,52)(H,39,53)(H,40,54)(H,41,48)(H,50,51)/t20-,21-,22+,23+,24+,25+,26+,27+/m1/s1. The molecule has 5 heterocycles. The van der Waals surface area contributed by atoms with Gasteiger partial charge in [0.15, 0.2) is 0 Å². The Morgan fingerprint density at radius 1 is 0.690 bits per heavy atom. The number of aliphatic carboxylic acids is 1. The van der Waals surface area contributed by atoms with Crippen LogP contribution in [-0.2, 0) is 43.2 Å². The van der Waals surface area contributed by atoms with E-state index in [0.29, 0.717) is 44.4 Å².